The number of rotatable bonds is 18. The Hall–Kier alpha value is -2.61. The fourth-order valence-electron chi connectivity index (χ4n) is 5.05. The second-order valence-corrected chi connectivity index (χ2v) is 10.7. The zero-order chi connectivity index (χ0) is 29.0. The van der Waals surface area contributed by atoms with Crippen LogP contribution in [-0.4, -0.2) is 32.0 Å². The largest absolute Gasteiger partial charge is 0.491 e. The predicted molar refractivity (Wildman–Crippen MR) is 147 cm³/mol. The van der Waals surface area contributed by atoms with Crippen molar-refractivity contribution in [3.63, 3.8) is 0 Å². The first kappa shape index (κ1) is 31.9. The highest BCUT2D eigenvalue weighted by Gasteiger charge is 2.71. The number of unbranched alkanes of at least 4 members (excludes halogenated alkanes) is 8. The molecule has 1 fully saturated rings. The molecule has 0 spiro atoms. The van der Waals surface area contributed by atoms with E-state index in [1.807, 2.05) is 0 Å². The second-order valence-electron chi connectivity index (χ2n) is 10.7. The van der Waals surface area contributed by atoms with E-state index in [1.165, 1.54) is 55.7 Å². The molecule has 0 saturated heterocycles. The Labute approximate surface area is 235 Å². The Bertz CT molecular complexity index is 1050. The summed E-state index contributed by atoms with van der Waals surface area (Å²) in [4.78, 5) is 12.6. The van der Waals surface area contributed by atoms with Crippen LogP contribution in [0.1, 0.15) is 100 Å². The molecule has 0 heterocycles. The van der Waals surface area contributed by atoms with E-state index < -0.39 is 29.3 Å². The quantitative estimate of drug-likeness (QED) is 0.0781. The average Bonchev–Trinajstić information content (AvgIpc) is 3.67. The highest BCUT2D eigenvalue weighted by molar-refractivity contribution is 5.91. The van der Waals surface area contributed by atoms with Crippen LogP contribution in [0.2, 0.25) is 0 Å². The zero-order valence-electron chi connectivity index (χ0n) is 23.7. The van der Waals surface area contributed by atoms with Crippen molar-refractivity contribution in [1.82, 2.24) is 0 Å². The van der Waals surface area contributed by atoms with Gasteiger partial charge in [0, 0.05) is 12.5 Å². The monoisotopic (exact) mass is 566 g/mol. The van der Waals surface area contributed by atoms with Crippen LogP contribution in [0.4, 0.5) is 17.6 Å². The van der Waals surface area contributed by atoms with Gasteiger partial charge in [-0.05, 0) is 55.2 Å². The van der Waals surface area contributed by atoms with E-state index in [1.54, 1.807) is 0 Å². The maximum Gasteiger partial charge on any atom is 0.398 e. The molecule has 1 saturated carbocycles. The number of carbonyl (C=O) groups excluding carboxylic acids is 1. The van der Waals surface area contributed by atoms with Gasteiger partial charge in [0.25, 0.3) is 0 Å². The summed E-state index contributed by atoms with van der Waals surface area (Å²) in [5.74, 6) is -1.97. The van der Waals surface area contributed by atoms with Crippen molar-refractivity contribution in [3.05, 3.63) is 59.4 Å². The molecule has 1 aliphatic carbocycles. The van der Waals surface area contributed by atoms with Gasteiger partial charge in [0.05, 0.1) is 24.2 Å². The third kappa shape index (κ3) is 8.69. The molecule has 0 aliphatic heterocycles. The number of esters is 1. The van der Waals surface area contributed by atoms with Crippen molar-refractivity contribution in [2.24, 2.45) is 5.92 Å². The van der Waals surface area contributed by atoms with E-state index >= 15 is 0 Å². The molecule has 40 heavy (non-hydrogen) atoms. The summed E-state index contributed by atoms with van der Waals surface area (Å²) < 4.78 is 73.1. The molecule has 0 radical (unpaired) electrons. The number of carbonyl (C=O) groups is 1. The van der Waals surface area contributed by atoms with Gasteiger partial charge in [-0.1, -0.05) is 77.3 Å². The molecule has 2 aromatic carbocycles. The SMILES string of the molecule is CCCCCCCCOc1ccc(C(=O)Oc2ccc(C3(C(F)(F)F)CC3COCCCCCC)cc2)cc1F. The third-order valence-electron chi connectivity index (χ3n) is 7.58. The van der Waals surface area contributed by atoms with Gasteiger partial charge < -0.3 is 14.2 Å². The van der Waals surface area contributed by atoms with E-state index in [4.69, 9.17) is 14.2 Å². The molecule has 3 rings (SSSR count). The molecule has 0 aromatic heterocycles. The number of benzene rings is 2. The van der Waals surface area contributed by atoms with Gasteiger partial charge in [-0.2, -0.15) is 13.2 Å². The van der Waals surface area contributed by atoms with Crippen LogP contribution in [0, 0.1) is 11.7 Å². The topological polar surface area (TPSA) is 44.8 Å². The molecular weight excluding hydrogens is 524 g/mol. The summed E-state index contributed by atoms with van der Waals surface area (Å²) in [6, 6.07) is 9.22. The predicted octanol–water partition coefficient (Wildman–Crippen LogP) is 9.20. The van der Waals surface area contributed by atoms with Gasteiger partial charge in [0.1, 0.15) is 5.75 Å². The van der Waals surface area contributed by atoms with Crippen LogP contribution in [-0.2, 0) is 10.2 Å². The van der Waals surface area contributed by atoms with Crippen LogP contribution in [0.3, 0.4) is 0 Å². The maximum absolute atomic E-state index is 14.5. The number of hydrogen-bond donors (Lipinski definition) is 0. The van der Waals surface area contributed by atoms with Crippen molar-refractivity contribution in [2.45, 2.75) is 96.1 Å². The smallest absolute Gasteiger partial charge is 0.398 e. The highest BCUT2D eigenvalue weighted by atomic mass is 19.4. The first-order valence-corrected chi connectivity index (χ1v) is 14.6. The standard InChI is InChI=1S/C32H42F4O4/c1-3-5-7-9-10-12-20-39-29-18-13-24(21-28(29)33)30(37)40-27-16-14-25(15-17-27)31(32(34,35)36)22-26(31)23-38-19-11-8-6-4-2/h13-18,21,26H,3-12,19-20,22-23H2,1-2H3. The zero-order valence-corrected chi connectivity index (χ0v) is 23.7. The molecule has 8 heteroatoms. The van der Waals surface area contributed by atoms with E-state index in [0.29, 0.717) is 13.2 Å². The molecule has 2 unspecified atom stereocenters. The fourth-order valence-corrected chi connectivity index (χ4v) is 5.05. The number of hydrogen-bond acceptors (Lipinski definition) is 4. The lowest BCUT2D eigenvalue weighted by Crippen LogP contribution is -2.32. The summed E-state index contributed by atoms with van der Waals surface area (Å²) in [7, 11) is 0. The lowest BCUT2D eigenvalue weighted by Gasteiger charge is -2.22. The summed E-state index contributed by atoms with van der Waals surface area (Å²) in [5.41, 5.74) is -1.84. The summed E-state index contributed by atoms with van der Waals surface area (Å²) >= 11 is 0. The first-order chi connectivity index (χ1) is 19.2. The molecule has 0 amide bonds. The van der Waals surface area contributed by atoms with Crippen molar-refractivity contribution >= 4 is 5.97 Å². The summed E-state index contributed by atoms with van der Waals surface area (Å²) in [6.45, 7) is 5.17. The lowest BCUT2D eigenvalue weighted by molar-refractivity contribution is -0.166. The van der Waals surface area contributed by atoms with Gasteiger partial charge in [0.15, 0.2) is 11.6 Å². The van der Waals surface area contributed by atoms with Gasteiger partial charge >= 0.3 is 12.1 Å². The molecule has 2 aromatic rings. The average molecular weight is 567 g/mol. The molecule has 0 bridgehead atoms. The number of ether oxygens (including phenoxy) is 3. The van der Waals surface area contributed by atoms with E-state index in [-0.39, 0.29) is 35.7 Å². The molecule has 222 valence electrons. The fraction of sp³-hybridized carbons (Fsp3) is 0.594. The minimum absolute atomic E-state index is 0.0152. The number of halogens is 4. The van der Waals surface area contributed by atoms with Crippen LogP contribution in [0.25, 0.3) is 0 Å². The first-order valence-electron chi connectivity index (χ1n) is 14.6. The van der Waals surface area contributed by atoms with Gasteiger partial charge in [-0.3, -0.25) is 0 Å². The van der Waals surface area contributed by atoms with Crippen LogP contribution in [0.5, 0.6) is 11.5 Å². The van der Waals surface area contributed by atoms with Gasteiger partial charge in [0.2, 0.25) is 0 Å². The van der Waals surface area contributed by atoms with Crippen LogP contribution >= 0.6 is 0 Å². The Balaban J connectivity index is 1.52. The maximum atomic E-state index is 14.5. The molecule has 0 N–H and O–H groups in total. The molecule has 4 nitrogen and oxygen atoms in total. The minimum atomic E-state index is -4.42. The van der Waals surface area contributed by atoms with Crippen molar-refractivity contribution in [3.8, 4) is 11.5 Å². The van der Waals surface area contributed by atoms with E-state index in [0.717, 1.165) is 51.0 Å². The van der Waals surface area contributed by atoms with Gasteiger partial charge in [-0.15, -0.1) is 0 Å². The minimum Gasteiger partial charge on any atom is -0.491 e. The summed E-state index contributed by atoms with van der Waals surface area (Å²) in [6.07, 6.45) is 6.11. The molecule has 2 atom stereocenters. The number of alkyl halides is 3. The van der Waals surface area contributed by atoms with Gasteiger partial charge in [-0.25, -0.2) is 9.18 Å². The Morgan fingerprint density at radius 1 is 0.875 bits per heavy atom. The summed E-state index contributed by atoms with van der Waals surface area (Å²) in [5, 5.41) is 0. The normalized spacial score (nSPS) is 18.5. The van der Waals surface area contributed by atoms with Crippen LogP contribution < -0.4 is 9.47 Å². The van der Waals surface area contributed by atoms with Crippen LogP contribution in [0.15, 0.2) is 42.5 Å². The molecule has 1 aliphatic rings. The lowest BCUT2D eigenvalue weighted by atomic mass is 9.92. The Morgan fingerprint density at radius 2 is 1.50 bits per heavy atom. The molecular formula is C32H42F4O4. The Kier molecular flexibility index (Phi) is 12.3. The van der Waals surface area contributed by atoms with E-state index in [2.05, 4.69) is 13.8 Å². The Morgan fingerprint density at radius 3 is 2.15 bits per heavy atom. The van der Waals surface area contributed by atoms with Crippen molar-refractivity contribution < 1.29 is 36.6 Å². The van der Waals surface area contributed by atoms with E-state index in [9.17, 15) is 22.4 Å². The highest BCUT2D eigenvalue weighted by Crippen LogP contribution is 2.63. The second kappa shape index (κ2) is 15.4. The third-order valence-corrected chi connectivity index (χ3v) is 7.58. The van der Waals surface area contributed by atoms with Crippen molar-refractivity contribution in [1.29, 1.82) is 0 Å². The van der Waals surface area contributed by atoms with Crippen molar-refractivity contribution in [2.75, 3.05) is 19.8 Å².